The maximum atomic E-state index is 4.31. The normalized spacial score (nSPS) is 28.4. The maximum Gasteiger partial charge on any atom is 0.0937 e. The molecule has 0 saturated heterocycles. The minimum Gasteiger partial charge on any atom is -0.313 e. The third kappa shape index (κ3) is 3.05. The van der Waals surface area contributed by atoms with Crippen molar-refractivity contribution in [2.24, 2.45) is 11.3 Å². The molecule has 2 nitrogen and oxygen atoms in total. The molecule has 1 fully saturated rings. The van der Waals surface area contributed by atoms with Crippen LogP contribution in [-0.2, 0) is 6.42 Å². The predicted molar refractivity (Wildman–Crippen MR) is 69.8 cm³/mol. The number of thiazole rings is 1. The minimum absolute atomic E-state index is 0.526. The third-order valence-corrected chi connectivity index (χ3v) is 4.40. The molecule has 1 N–H and O–H groups in total. The average molecular weight is 238 g/mol. The quantitative estimate of drug-likeness (QED) is 0.872. The molecule has 1 saturated carbocycles. The smallest absolute Gasteiger partial charge is 0.0937 e. The number of aromatic nitrogens is 1. The second-order valence-electron chi connectivity index (χ2n) is 5.79. The first-order chi connectivity index (χ1) is 7.57. The number of hydrogen-bond donors (Lipinski definition) is 1. The highest BCUT2D eigenvalue weighted by molar-refractivity contribution is 7.09. The van der Waals surface area contributed by atoms with Gasteiger partial charge in [0.05, 0.1) is 5.01 Å². The Hall–Kier alpha value is -0.410. The molecular weight excluding hydrogens is 216 g/mol. The van der Waals surface area contributed by atoms with Crippen LogP contribution in [0.15, 0.2) is 11.6 Å². The molecule has 0 radical (unpaired) electrons. The first-order valence-electron chi connectivity index (χ1n) is 6.19. The second-order valence-corrected chi connectivity index (χ2v) is 6.77. The van der Waals surface area contributed by atoms with Crippen molar-refractivity contribution in [3.05, 3.63) is 16.6 Å². The first kappa shape index (κ1) is 12.1. The standard InChI is InChI=1S/C13H22N2S/c1-10-8-13(2,3)9-11(10)14-5-4-12-15-6-7-16-12/h6-7,10-11,14H,4-5,8-9H2,1-3H3/t10-,11+/m0/s1. The van der Waals surface area contributed by atoms with E-state index >= 15 is 0 Å². The summed E-state index contributed by atoms with van der Waals surface area (Å²) in [4.78, 5) is 4.31. The fraction of sp³-hybridized carbons (Fsp3) is 0.769. The van der Waals surface area contributed by atoms with Crippen LogP contribution in [-0.4, -0.2) is 17.6 Å². The van der Waals surface area contributed by atoms with Crippen LogP contribution in [0.25, 0.3) is 0 Å². The highest BCUT2D eigenvalue weighted by Gasteiger charge is 2.35. The molecule has 3 heteroatoms. The van der Waals surface area contributed by atoms with E-state index in [9.17, 15) is 0 Å². The van der Waals surface area contributed by atoms with E-state index in [1.165, 1.54) is 17.8 Å². The minimum atomic E-state index is 0.526. The first-order valence-corrected chi connectivity index (χ1v) is 7.06. The van der Waals surface area contributed by atoms with Gasteiger partial charge in [-0.15, -0.1) is 11.3 Å². The van der Waals surface area contributed by atoms with Gasteiger partial charge in [-0.2, -0.15) is 0 Å². The van der Waals surface area contributed by atoms with Gasteiger partial charge in [-0.25, -0.2) is 4.98 Å². The molecule has 90 valence electrons. The topological polar surface area (TPSA) is 24.9 Å². The van der Waals surface area contributed by atoms with Gasteiger partial charge in [0.1, 0.15) is 0 Å². The summed E-state index contributed by atoms with van der Waals surface area (Å²) in [6, 6.07) is 0.704. The monoisotopic (exact) mass is 238 g/mol. The van der Waals surface area contributed by atoms with E-state index in [0.717, 1.165) is 18.9 Å². The van der Waals surface area contributed by atoms with Gasteiger partial charge in [0.2, 0.25) is 0 Å². The van der Waals surface area contributed by atoms with Crippen molar-refractivity contribution < 1.29 is 0 Å². The SMILES string of the molecule is C[C@H]1CC(C)(C)C[C@H]1NCCc1nccs1. The summed E-state index contributed by atoms with van der Waals surface area (Å²) in [7, 11) is 0. The van der Waals surface area contributed by atoms with Crippen molar-refractivity contribution in [2.75, 3.05) is 6.54 Å². The molecule has 2 atom stereocenters. The highest BCUT2D eigenvalue weighted by Crippen LogP contribution is 2.40. The van der Waals surface area contributed by atoms with E-state index in [2.05, 4.69) is 36.5 Å². The van der Waals surface area contributed by atoms with Crippen LogP contribution in [0.3, 0.4) is 0 Å². The lowest BCUT2D eigenvalue weighted by molar-refractivity contribution is 0.362. The van der Waals surface area contributed by atoms with Crippen molar-refractivity contribution in [1.82, 2.24) is 10.3 Å². The molecule has 0 aliphatic heterocycles. The van der Waals surface area contributed by atoms with Crippen LogP contribution in [0, 0.1) is 11.3 Å². The Morgan fingerprint density at radius 2 is 2.31 bits per heavy atom. The molecule has 0 bridgehead atoms. The molecule has 0 unspecified atom stereocenters. The Labute approximate surface area is 102 Å². The Balaban J connectivity index is 1.74. The summed E-state index contributed by atoms with van der Waals surface area (Å²) in [6.07, 6.45) is 5.62. The van der Waals surface area contributed by atoms with Gasteiger partial charge in [-0.3, -0.25) is 0 Å². The van der Waals surface area contributed by atoms with Crippen LogP contribution >= 0.6 is 11.3 Å². The van der Waals surface area contributed by atoms with Gasteiger partial charge in [0, 0.05) is 30.6 Å². The van der Waals surface area contributed by atoms with Crippen LogP contribution in [0.5, 0.6) is 0 Å². The molecule has 2 rings (SSSR count). The Morgan fingerprint density at radius 1 is 1.50 bits per heavy atom. The number of rotatable bonds is 4. The molecule has 0 amide bonds. The van der Waals surface area contributed by atoms with E-state index < -0.39 is 0 Å². The van der Waals surface area contributed by atoms with E-state index in [0.29, 0.717) is 11.5 Å². The highest BCUT2D eigenvalue weighted by atomic mass is 32.1. The molecule has 1 aliphatic rings. The number of nitrogens with one attached hydrogen (secondary N) is 1. The Bertz CT molecular complexity index is 319. The summed E-state index contributed by atoms with van der Waals surface area (Å²) < 4.78 is 0. The van der Waals surface area contributed by atoms with Crippen LogP contribution in [0.2, 0.25) is 0 Å². The van der Waals surface area contributed by atoms with Gasteiger partial charge < -0.3 is 5.32 Å². The zero-order valence-electron chi connectivity index (χ0n) is 10.5. The van der Waals surface area contributed by atoms with Crippen molar-refractivity contribution >= 4 is 11.3 Å². The molecule has 0 spiro atoms. The van der Waals surface area contributed by atoms with Crippen molar-refractivity contribution in [2.45, 2.75) is 46.1 Å². The summed E-state index contributed by atoms with van der Waals surface area (Å²) in [5, 5.41) is 6.99. The summed E-state index contributed by atoms with van der Waals surface area (Å²) in [5.74, 6) is 0.811. The number of nitrogens with zero attached hydrogens (tertiary/aromatic N) is 1. The van der Waals surface area contributed by atoms with Gasteiger partial charge in [0.25, 0.3) is 0 Å². The second kappa shape index (κ2) is 4.84. The van der Waals surface area contributed by atoms with Crippen LogP contribution in [0.1, 0.15) is 38.6 Å². The van der Waals surface area contributed by atoms with Crippen molar-refractivity contribution in [3.63, 3.8) is 0 Å². The van der Waals surface area contributed by atoms with Crippen LogP contribution in [0.4, 0.5) is 0 Å². The Morgan fingerprint density at radius 3 is 2.88 bits per heavy atom. The van der Waals surface area contributed by atoms with Gasteiger partial charge >= 0.3 is 0 Å². The van der Waals surface area contributed by atoms with Crippen molar-refractivity contribution in [3.8, 4) is 0 Å². The van der Waals surface area contributed by atoms with Crippen molar-refractivity contribution in [1.29, 1.82) is 0 Å². The lowest BCUT2D eigenvalue weighted by atomic mass is 9.91. The summed E-state index contributed by atoms with van der Waals surface area (Å²) >= 11 is 1.75. The molecule has 1 aliphatic carbocycles. The fourth-order valence-corrected chi connectivity index (χ4v) is 3.53. The van der Waals surface area contributed by atoms with Gasteiger partial charge in [-0.05, 0) is 24.2 Å². The fourth-order valence-electron chi connectivity index (χ4n) is 2.91. The molecule has 1 heterocycles. The Kier molecular flexibility index (Phi) is 3.65. The largest absolute Gasteiger partial charge is 0.313 e. The zero-order valence-corrected chi connectivity index (χ0v) is 11.3. The predicted octanol–water partition coefficient (Wildman–Crippen LogP) is 3.10. The lowest BCUT2D eigenvalue weighted by Gasteiger charge is -2.18. The molecule has 1 aromatic rings. The number of hydrogen-bond acceptors (Lipinski definition) is 3. The average Bonchev–Trinajstić information content (AvgIpc) is 2.75. The van der Waals surface area contributed by atoms with Crippen LogP contribution < -0.4 is 5.32 Å². The molecule has 16 heavy (non-hydrogen) atoms. The molecular formula is C13H22N2S. The summed E-state index contributed by atoms with van der Waals surface area (Å²) in [6.45, 7) is 8.20. The third-order valence-electron chi connectivity index (χ3n) is 3.56. The molecule has 1 aromatic heterocycles. The van der Waals surface area contributed by atoms with E-state index in [4.69, 9.17) is 0 Å². The lowest BCUT2D eigenvalue weighted by Crippen LogP contribution is -2.33. The van der Waals surface area contributed by atoms with E-state index in [1.807, 2.05) is 6.20 Å². The maximum absolute atomic E-state index is 4.31. The van der Waals surface area contributed by atoms with Gasteiger partial charge in [-0.1, -0.05) is 20.8 Å². The van der Waals surface area contributed by atoms with E-state index in [1.54, 1.807) is 11.3 Å². The zero-order chi connectivity index (χ0) is 11.6. The molecule has 0 aromatic carbocycles. The summed E-state index contributed by atoms with van der Waals surface area (Å²) in [5.41, 5.74) is 0.526. The van der Waals surface area contributed by atoms with Gasteiger partial charge in [0.15, 0.2) is 0 Å². The van der Waals surface area contributed by atoms with E-state index in [-0.39, 0.29) is 0 Å².